The van der Waals surface area contributed by atoms with Gasteiger partial charge in [-0.15, -0.1) is 10.2 Å². The molecule has 1 fully saturated rings. The highest BCUT2D eigenvalue weighted by Gasteiger charge is 2.24. The second-order valence-corrected chi connectivity index (χ2v) is 5.45. The van der Waals surface area contributed by atoms with Crippen LogP contribution >= 0.6 is 0 Å². The summed E-state index contributed by atoms with van der Waals surface area (Å²) in [7, 11) is 0. The van der Waals surface area contributed by atoms with Crippen molar-refractivity contribution in [3.8, 4) is 11.5 Å². The van der Waals surface area contributed by atoms with Gasteiger partial charge in [0.1, 0.15) is 0 Å². The summed E-state index contributed by atoms with van der Waals surface area (Å²) in [5.74, 6) is 1.02. The molecule has 1 aromatic heterocycles. The zero-order valence-corrected chi connectivity index (χ0v) is 11.9. The lowest BCUT2D eigenvalue weighted by Crippen LogP contribution is -2.45. The Hall–Kier alpha value is -2.21. The van der Waals surface area contributed by atoms with Crippen molar-refractivity contribution in [2.45, 2.75) is 25.8 Å². The molecule has 2 unspecified atom stereocenters. The Kier molecular flexibility index (Phi) is 3.96. The minimum Gasteiger partial charge on any atom is -0.423 e. The number of benzene rings is 1. The summed E-state index contributed by atoms with van der Waals surface area (Å²) in [6, 6.07) is 7.28. The van der Waals surface area contributed by atoms with Gasteiger partial charge < -0.3 is 15.1 Å². The lowest BCUT2D eigenvalue weighted by Gasteiger charge is -2.27. The summed E-state index contributed by atoms with van der Waals surface area (Å²) < 4.78 is 5.16. The number of carbonyl (C=O) groups is 1. The van der Waals surface area contributed by atoms with Gasteiger partial charge in [0.05, 0.1) is 6.04 Å². The average Bonchev–Trinajstić information content (AvgIpc) is 3.02. The van der Waals surface area contributed by atoms with E-state index in [1.807, 2.05) is 24.3 Å². The molecule has 6 nitrogen and oxygen atoms in total. The van der Waals surface area contributed by atoms with Crippen LogP contribution in [0.15, 0.2) is 35.1 Å². The fraction of sp³-hybridized carbons (Fsp3) is 0.400. The first-order valence-corrected chi connectivity index (χ1v) is 7.13. The molecule has 21 heavy (non-hydrogen) atoms. The van der Waals surface area contributed by atoms with E-state index in [1.54, 1.807) is 0 Å². The smallest absolute Gasteiger partial charge is 0.247 e. The number of carbonyl (C=O) groups excluding carboxylic acids is 1. The van der Waals surface area contributed by atoms with Crippen LogP contribution < -0.4 is 10.6 Å². The molecule has 0 radical (unpaired) electrons. The quantitative estimate of drug-likeness (QED) is 0.902. The van der Waals surface area contributed by atoms with E-state index in [4.69, 9.17) is 4.42 Å². The molecule has 1 aliphatic heterocycles. The largest absolute Gasteiger partial charge is 0.423 e. The normalized spacial score (nSPS) is 22.0. The van der Waals surface area contributed by atoms with Crippen molar-refractivity contribution in [2.24, 2.45) is 5.92 Å². The molecule has 110 valence electrons. The molecule has 0 aliphatic carbocycles. The molecule has 1 saturated heterocycles. The van der Waals surface area contributed by atoms with Gasteiger partial charge in [-0.25, -0.2) is 0 Å². The lowest BCUT2D eigenvalue weighted by molar-refractivity contribution is -0.119. The molecule has 2 aromatic rings. The standard InChI is InChI=1S/C15H18N4O2/c1-10-5-6-16-13(7-10)14(20)18-12-4-2-3-11(8-12)15-19-17-9-21-15/h2-4,8-10,13,16H,5-7H2,1H3,(H,18,20). The van der Waals surface area contributed by atoms with E-state index < -0.39 is 0 Å². The first-order chi connectivity index (χ1) is 10.2. The number of rotatable bonds is 3. The van der Waals surface area contributed by atoms with Gasteiger partial charge >= 0.3 is 0 Å². The van der Waals surface area contributed by atoms with Gasteiger partial charge in [-0.05, 0) is 43.5 Å². The van der Waals surface area contributed by atoms with Crippen LogP contribution in [0.25, 0.3) is 11.5 Å². The van der Waals surface area contributed by atoms with Crippen molar-refractivity contribution < 1.29 is 9.21 Å². The van der Waals surface area contributed by atoms with E-state index in [0.717, 1.165) is 30.6 Å². The number of aromatic nitrogens is 2. The second kappa shape index (κ2) is 6.05. The van der Waals surface area contributed by atoms with Gasteiger partial charge in [0.25, 0.3) is 0 Å². The molecule has 0 saturated carbocycles. The fourth-order valence-corrected chi connectivity index (χ4v) is 2.57. The molecule has 1 amide bonds. The Morgan fingerprint density at radius 3 is 3.14 bits per heavy atom. The maximum Gasteiger partial charge on any atom is 0.247 e. The number of anilines is 1. The zero-order chi connectivity index (χ0) is 14.7. The number of piperidine rings is 1. The second-order valence-electron chi connectivity index (χ2n) is 5.45. The third kappa shape index (κ3) is 3.28. The first-order valence-electron chi connectivity index (χ1n) is 7.13. The monoisotopic (exact) mass is 286 g/mol. The SMILES string of the molecule is CC1CCNC(C(=O)Nc2cccc(-c3nnco3)c2)C1. The number of hydrogen-bond donors (Lipinski definition) is 2. The van der Waals surface area contributed by atoms with Crippen molar-refractivity contribution in [3.63, 3.8) is 0 Å². The third-order valence-electron chi connectivity index (χ3n) is 3.72. The number of amides is 1. The fourth-order valence-electron chi connectivity index (χ4n) is 2.57. The summed E-state index contributed by atoms with van der Waals surface area (Å²) in [5, 5.41) is 13.7. The van der Waals surface area contributed by atoms with Crippen LogP contribution in [0.1, 0.15) is 19.8 Å². The van der Waals surface area contributed by atoms with E-state index in [0.29, 0.717) is 11.8 Å². The van der Waals surface area contributed by atoms with Gasteiger partial charge in [-0.2, -0.15) is 0 Å². The molecule has 2 N–H and O–H groups in total. The summed E-state index contributed by atoms with van der Waals surface area (Å²) in [6.45, 7) is 3.07. The number of nitrogens with one attached hydrogen (secondary N) is 2. The zero-order valence-electron chi connectivity index (χ0n) is 11.9. The van der Waals surface area contributed by atoms with Crippen LogP contribution in [0.2, 0.25) is 0 Å². The van der Waals surface area contributed by atoms with Crippen molar-refractivity contribution in [3.05, 3.63) is 30.7 Å². The maximum atomic E-state index is 12.3. The Balaban J connectivity index is 1.70. The first kappa shape index (κ1) is 13.8. The Morgan fingerprint density at radius 1 is 1.48 bits per heavy atom. The molecule has 0 bridgehead atoms. The highest BCUT2D eigenvalue weighted by atomic mass is 16.4. The van der Waals surface area contributed by atoms with Gasteiger partial charge in [-0.1, -0.05) is 13.0 Å². The van der Waals surface area contributed by atoms with E-state index >= 15 is 0 Å². The van der Waals surface area contributed by atoms with E-state index in [9.17, 15) is 4.79 Å². The predicted octanol–water partition coefficient (Wildman–Crippen LogP) is 2.06. The van der Waals surface area contributed by atoms with Gasteiger partial charge in [-0.3, -0.25) is 4.79 Å². The third-order valence-corrected chi connectivity index (χ3v) is 3.72. The molecule has 1 aliphatic rings. The van der Waals surface area contributed by atoms with Crippen LogP contribution in [-0.4, -0.2) is 28.7 Å². The average molecular weight is 286 g/mol. The summed E-state index contributed by atoms with van der Waals surface area (Å²) in [5.41, 5.74) is 1.52. The molecular weight excluding hydrogens is 268 g/mol. The molecular formula is C15H18N4O2. The molecule has 6 heteroatoms. The van der Waals surface area contributed by atoms with E-state index in [2.05, 4.69) is 27.8 Å². The maximum absolute atomic E-state index is 12.3. The van der Waals surface area contributed by atoms with E-state index in [-0.39, 0.29) is 11.9 Å². The van der Waals surface area contributed by atoms with E-state index in [1.165, 1.54) is 6.39 Å². The summed E-state index contributed by atoms with van der Waals surface area (Å²) in [4.78, 5) is 12.3. The van der Waals surface area contributed by atoms with Crippen molar-refractivity contribution in [2.75, 3.05) is 11.9 Å². The number of hydrogen-bond acceptors (Lipinski definition) is 5. The highest BCUT2D eigenvalue weighted by Crippen LogP contribution is 2.21. The summed E-state index contributed by atoms with van der Waals surface area (Å²) in [6.07, 6.45) is 3.28. The van der Waals surface area contributed by atoms with Crippen molar-refractivity contribution >= 4 is 11.6 Å². The van der Waals surface area contributed by atoms with Crippen molar-refractivity contribution in [1.29, 1.82) is 0 Å². The van der Waals surface area contributed by atoms with Gasteiger partial charge in [0.15, 0.2) is 0 Å². The van der Waals surface area contributed by atoms with Gasteiger partial charge in [0, 0.05) is 11.3 Å². The summed E-state index contributed by atoms with van der Waals surface area (Å²) >= 11 is 0. The minimum absolute atomic E-state index is 0.00392. The lowest BCUT2D eigenvalue weighted by atomic mass is 9.94. The van der Waals surface area contributed by atoms with Crippen LogP contribution in [-0.2, 0) is 4.79 Å². The highest BCUT2D eigenvalue weighted by molar-refractivity contribution is 5.95. The molecule has 1 aromatic carbocycles. The minimum atomic E-state index is -0.124. The van der Waals surface area contributed by atoms with Crippen LogP contribution in [0, 0.1) is 5.92 Å². The topological polar surface area (TPSA) is 80.0 Å². The van der Waals surface area contributed by atoms with Crippen LogP contribution in [0.5, 0.6) is 0 Å². The Morgan fingerprint density at radius 2 is 2.38 bits per heavy atom. The predicted molar refractivity (Wildman–Crippen MR) is 78.6 cm³/mol. The Bertz CT molecular complexity index is 612. The molecule has 3 rings (SSSR count). The number of nitrogens with zero attached hydrogens (tertiary/aromatic N) is 2. The van der Waals surface area contributed by atoms with Crippen LogP contribution in [0.4, 0.5) is 5.69 Å². The molecule has 2 atom stereocenters. The molecule has 2 heterocycles. The van der Waals surface area contributed by atoms with Crippen molar-refractivity contribution in [1.82, 2.24) is 15.5 Å². The van der Waals surface area contributed by atoms with Crippen LogP contribution in [0.3, 0.4) is 0 Å². The Labute approximate surface area is 123 Å². The van der Waals surface area contributed by atoms with Gasteiger partial charge in [0.2, 0.25) is 18.2 Å². The molecule has 0 spiro atoms.